The summed E-state index contributed by atoms with van der Waals surface area (Å²) in [6.07, 6.45) is 4.41. The molecule has 1 aliphatic heterocycles. The van der Waals surface area contributed by atoms with Gasteiger partial charge in [0.15, 0.2) is 0 Å². The number of hydrogen-bond donors (Lipinski definition) is 1. The average molecular weight is 342 g/mol. The van der Waals surface area contributed by atoms with Crippen LogP contribution in [0, 0.1) is 12.8 Å². The van der Waals surface area contributed by atoms with Crippen molar-refractivity contribution < 1.29 is 13.2 Å². The fraction of sp³-hybridized carbons (Fsp3) is 0.733. The third-order valence-electron chi connectivity index (χ3n) is 4.49. The SMILES string of the molecule is CCn1ncc(C(C)NC(=O)C2CCCN(S(C)(=O)=O)C2)c1C. The number of piperidine rings is 1. The molecule has 0 bridgehead atoms. The second-order valence-electron chi connectivity index (χ2n) is 6.19. The fourth-order valence-electron chi connectivity index (χ4n) is 3.07. The summed E-state index contributed by atoms with van der Waals surface area (Å²) < 4.78 is 26.6. The topological polar surface area (TPSA) is 84.3 Å². The van der Waals surface area contributed by atoms with Gasteiger partial charge in [-0.2, -0.15) is 5.10 Å². The first-order valence-electron chi connectivity index (χ1n) is 8.01. The molecular weight excluding hydrogens is 316 g/mol. The molecule has 8 heteroatoms. The first-order valence-corrected chi connectivity index (χ1v) is 9.86. The highest BCUT2D eigenvalue weighted by Gasteiger charge is 2.31. The van der Waals surface area contributed by atoms with E-state index in [-0.39, 0.29) is 24.4 Å². The molecule has 0 aliphatic carbocycles. The van der Waals surface area contributed by atoms with Gasteiger partial charge < -0.3 is 5.32 Å². The molecule has 1 amide bonds. The van der Waals surface area contributed by atoms with Gasteiger partial charge in [0.25, 0.3) is 0 Å². The van der Waals surface area contributed by atoms with Crippen LogP contribution in [0.3, 0.4) is 0 Å². The molecular formula is C15H26N4O3S. The molecule has 2 rings (SSSR count). The van der Waals surface area contributed by atoms with Crippen molar-refractivity contribution in [2.45, 2.75) is 46.2 Å². The normalized spacial score (nSPS) is 21.1. The third kappa shape index (κ3) is 4.11. The summed E-state index contributed by atoms with van der Waals surface area (Å²) in [6.45, 7) is 7.50. The highest BCUT2D eigenvalue weighted by atomic mass is 32.2. The summed E-state index contributed by atoms with van der Waals surface area (Å²) >= 11 is 0. The molecule has 1 saturated heterocycles. The highest BCUT2D eigenvalue weighted by Crippen LogP contribution is 2.21. The zero-order chi connectivity index (χ0) is 17.2. The van der Waals surface area contributed by atoms with Crippen LogP contribution < -0.4 is 5.32 Å². The predicted molar refractivity (Wildman–Crippen MR) is 88.3 cm³/mol. The summed E-state index contributed by atoms with van der Waals surface area (Å²) in [4.78, 5) is 12.5. The van der Waals surface area contributed by atoms with Crippen LogP contribution >= 0.6 is 0 Å². The van der Waals surface area contributed by atoms with Crippen molar-refractivity contribution >= 4 is 15.9 Å². The zero-order valence-corrected chi connectivity index (χ0v) is 15.1. The molecule has 1 N–H and O–H groups in total. The van der Waals surface area contributed by atoms with Gasteiger partial charge >= 0.3 is 0 Å². The van der Waals surface area contributed by atoms with Gasteiger partial charge in [-0.05, 0) is 33.6 Å². The van der Waals surface area contributed by atoms with Gasteiger partial charge in [0.1, 0.15) is 0 Å². The number of amides is 1. The number of nitrogens with one attached hydrogen (secondary N) is 1. The molecule has 1 aromatic rings. The number of rotatable bonds is 5. The molecule has 0 aromatic carbocycles. The number of carbonyl (C=O) groups is 1. The monoisotopic (exact) mass is 342 g/mol. The Morgan fingerprint density at radius 1 is 1.52 bits per heavy atom. The Morgan fingerprint density at radius 3 is 2.78 bits per heavy atom. The smallest absolute Gasteiger partial charge is 0.224 e. The van der Waals surface area contributed by atoms with Gasteiger partial charge in [-0.25, -0.2) is 12.7 Å². The van der Waals surface area contributed by atoms with Crippen LogP contribution in [0.5, 0.6) is 0 Å². The maximum absolute atomic E-state index is 12.5. The van der Waals surface area contributed by atoms with E-state index in [9.17, 15) is 13.2 Å². The summed E-state index contributed by atoms with van der Waals surface area (Å²) in [5.74, 6) is -0.378. The Bertz CT molecular complexity index is 668. The molecule has 2 heterocycles. The lowest BCUT2D eigenvalue weighted by molar-refractivity contribution is -0.126. The van der Waals surface area contributed by atoms with Gasteiger partial charge in [0.2, 0.25) is 15.9 Å². The Labute approximate surface area is 138 Å². The molecule has 23 heavy (non-hydrogen) atoms. The Balaban J connectivity index is 2.02. The van der Waals surface area contributed by atoms with Crippen LogP contribution in [-0.4, -0.2) is 47.8 Å². The van der Waals surface area contributed by atoms with E-state index in [4.69, 9.17) is 0 Å². The number of carbonyl (C=O) groups excluding carboxylic acids is 1. The minimum Gasteiger partial charge on any atom is -0.349 e. The third-order valence-corrected chi connectivity index (χ3v) is 5.76. The number of hydrogen-bond acceptors (Lipinski definition) is 4. The number of nitrogens with zero attached hydrogens (tertiary/aromatic N) is 3. The molecule has 1 fully saturated rings. The highest BCUT2D eigenvalue weighted by molar-refractivity contribution is 7.88. The second kappa shape index (κ2) is 7.00. The molecule has 2 unspecified atom stereocenters. The molecule has 0 radical (unpaired) electrons. The van der Waals surface area contributed by atoms with Gasteiger partial charge in [0, 0.05) is 30.9 Å². The quantitative estimate of drug-likeness (QED) is 0.867. The Kier molecular flexibility index (Phi) is 5.46. The number of sulfonamides is 1. The first-order chi connectivity index (χ1) is 10.7. The maximum Gasteiger partial charge on any atom is 0.224 e. The first kappa shape index (κ1) is 17.9. The minimum atomic E-state index is -3.24. The van der Waals surface area contributed by atoms with Crippen molar-refractivity contribution in [2.24, 2.45) is 5.92 Å². The lowest BCUT2D eigenvalue weighted by Crippen LogP contribution is -2.45. The molecule has 0 spiro atoms. The molecule has 1 aromatic heterocycles. The zero-order valence-electron chi connectivity index (χ0n) is 14.2. The lowest BCUT2D eigenvalue weighted by atomic mass is 9.98. The lowest BCUT2D eigenvalue weighted by Gasteiger charge is -2.30. The van der Waals surface area contributed by atoms with Crippen LogP contribution in [0.2, 0.25) is 0 Å². The van der Waals surface area contributed by atoms with E-state index in [1.54, 1.807) is 6.20 Å². The van der Waals surface area contributed by atoms with Crippen molar-refractivity contribution in [1.29, 1.82) is 0 Å². The Morgan fingerprint density at radius 2 is 2.22 bits per heavy atom. The summed E-state index contributed by atoms with van der Waals surface area (Å²) in [6, 6.07) is -0.142. The van der Waals surface area contributed by atoms with E-state index >= 15 is 0 Å². The van der Waals surface area contributed by atoms with Crippen molar-refractivity contribution in [3.63, 3.8) is 0 Å². The van der Waals surface area contributed by atoms with Crippen molar-refractivity contribution in [3.8, 4) is 0 Å². The maximum atomic E-state index is 12.5. The molecule has 130 valence electrons. The minimum absolute atomic E-state index is 0.0884. The van der Waals surface area contributed by atoms with E-state index in [2.05, 4.69) is 10.4 Å². The van der Waals surface area contributed by atoms with Crippen molar-refractivity contribution in [2.75, 3.05) is 19.3 Å². The standard InChI is InChI=1S/C15H26N4O3S/c1-5-19-12(3)14(9-16-19)11(2)17-15(20)13-7-6-8-18(10-13)23(4,21)22/h9,11,13H,5-8,10H2,1-4H3,(H,17,20). The molecule has 1 aliphatic rings. The van der Waals surface area contributed by atoms with E-state index in [1.165, 1.54) is 10.6 Å². The van der Waals surface area contributed by atoms with Crippen LogP contribution in [0.1, 0.15) is 44.0 Å². The van der Waals surface area contributed by atoms with Gasteiger partial charge in [-0.3, -0.25) is 9.48 Å². The molecule has 0 saturated carbocycles. The fourth-order valence-corrected chi connectivity index (χ4v) is 3.98. The second-order valence-corrected chi connectivity index (χ2v) is 8.17. The van der Waals surface area contributed by atoms with E-state index in [1.807, 2.05) is 25.5 Å². The number of aryl methyl sites for hydroxylation is 1. The van der Waals surface area contributed by atoms with E-state index in [0.29, 0.717) is 13.0 Å². The van der Waals surface area contributed by atoms with E-state index in [0.717, 1.165) is 24.2 Å². The number of aromatic nitrogens is 2. The van der Waals surface area contributed by atoms with E-state index < -0.39 is 10.0 Å². The average Bonchev–Trinajstić information content (AvgIpc) is 2.87. The van der Waals surface area contributed by atoms with Crippen molar-refractivity contribution in [3.05, 3.63) is 17.5 Å². The summed E-state index contributed by atoms with van der Waals surface area (Å²) in [7, 11) is -3.24. The van der Waals surface area contributed by atoms with Crippen LogP contribution in [0.25, 0.3) is 0 Å². The van der Waals surface area contributed by atoms with Gasteiger partial charge in [-0.1, -0.05) is 0 Å². The van der Waals surface area contributed by atoms with Gasteiger partial charge in [0.05, 0.1) is 24.4 Å². The Hall–Kier alpha value is -1.41. The summed E-state index contributed by atoms with van der Waals surface area (Å²) in [5, 5.41) is 7.30. The molecule has 7 nitrogen and oxygen atoms in total. The van der Waals surface area contributed by atoms with Crippen LogP contribution in [0.4, 0.5) is 0 Å². The predicted octanol–water partition coefficient (Wildman–Crippen LogP) is 1.06. The summed E-state index contributed by atoms with van der Waals surface area (Å²) in [5.41, 5.74) is 2.04. The van der Waals surface area contributed by atoms with Crippen LogP contribution in [-0.2, 0) is 21.4 Å². The molecule has 2 atom stereocenters. The van der Waals surface area contributed by atoms with Crippen molar-refractivity contribution in [1.82, 2.24) is 19.4 Å². The largest absolute Gasteiger partial charge is 0.349 e. The van der Waals surface area contributed by atoms with Gasteiger partial charge in [-0.15, -0.1) is 0 Å². The van der Waals surface area contributed by atoms with Crippen LogP contribution in [0.15, 0.2) is 6.20 Å².